The van der Waals surface area contributed by atoms with Crippen molar-refractivity contribution < 1.29 is 0 Å². The van der Waals surface area contributed by atoms with Crippen LogP contribution in [0.3, 0.4) is 0 Å². The lowest BCUT2D eigenvalue weighted by Gasteiger charge is -2.32. The highest BCUT2D eigenvalue weighted by atomic mass is 32.2. The summed E-state index contributed by atoms with van der Waals surface area (Å²) in [6, 6.07) is 0. The molecule has 0 unspecified atom stereocenters. The summed E-state index contributed by atoms with van der Waals surface area (Å²) in [4.78, 5) is 5.95. The molecular weight excluding hydrogens is 170 g/mol. The van der Waals surface area contributed by atoms with Crippen LogP contribution >= 0.6 is 11.8 Å². The molecule has 0 aromatic rings. The molecule has 1 saturated heterocycles. The zero-order valence-corrected chi connectivity index (χ0v) is 8.48. The van der Waals surface area contributed by atoms with E-state index in [-0.39, 0.29) is 5.54 Å². The molecule has 0 amide bonds. The highest BCUT2D eigenvalue weighted by Gasteiger charge is 2.29. The molecule has 0 radical (unpaired) electrons. The van der Waals surface area contributed by atoms with E-state index in [9.17, 15) is 0 Å². The molecule has 3 nitrogen and oxygen atoms in total. The van der Waals surface area contributed by atoms with Gasteiger partial charge in [0.15, 0.2) is 5.17 Å². The molecule has 0 N–H and O–H groups in total. The second kappa shape index (κ2) is 3.36. The van der Waals surface area contributed by atoms with Gasteiger partial charge in [-0.15, -0.1) is 4.99 Å². The van der Waals surface area contributed by atoms with E-state index in [2.05, 4.69) is 30.7 Å². The SMILES string of the molecule is CC(C)(C)N1CCS/C1=N\C#N. The van der Waals surface area contributed by atoms with Gasteiger partial charge in [-0.25, -0.2) is 0 Å². The van der Waals surface area contributed by atoms with Crippen LogP contribution in [0.15, 0.2) is 4.99 Å². The summed E-state index contributed by atoms with van der Waals surface area (Å²) in [5.41, 5.74) is 0.0825. The molecule has 0 bridgehead atoms. The van der Waals surface area contributed by atoms with Gasteiger partial charge in [0.1, 0.15) is 0 Å². The van der Waals surface area contributed by atoms with Crippen LogP contribution in [0.5, 0.6) is 0 Å². The lowest BCUT2D eigenvalue weighted by atomic mass is 10.1. The van der Waals surface area contributed by atoms with Crippen LogP contribution in [-0.2, 0) is 0 Å². The molecule has 0 spiro atoms. The maximum Gasteiger partial charge on any atom is 0.208 e. The van der Waals surface area contributed by atoms with Crippen molar-refractivity contribution in [2.75, 3.05) is 12.3 Å². The Balaban J connectivity index is 2.79. The number of amidine groups is 1. The highest BCUT2D eigenvalue weighted by molar-refractivity contribution is 8.14. The van der Waals surface area contributed by atoms with Crippen molar-refractivity contribution in [2.24, 2.45) is 4.99 Å². The van der Waals surface area contributed by atoms with Gasteiger partial charge in [-0.2, -0.15) is 5.26 Å². The maximum absolute atomic E-state index is 8.43. The Morgan fingerprint density at radius 3 is 2.75 bits per heavy atom. The van der Waals surface area contributed by atoms with Crippen molar-refractivity contribution in [1.29, 1.82) is 5.26 Å². The molecule has 1 rings (SSSR count). The quantitative estimate of drug-likeness (QED) is 0.536. The Morgan fingerprint density at radius 2 is 2.25 bits per heavy atom. The Bertz CT molecular complexity index is 234. The van der Waals surface area contributed by atoms with Crippen molar-refractivity contribution >= 4 is 16.9 Å². The molecule has 1 aliphatic heterocycles. The molecule has 0 aromatic carbocycles. The van der Waals surface area contributed by atoms with E-state index in [1.807, 2.05) is 6.19 Å². The molecule has 66 valence electrons. The second-order valence-electron chi connectivity index (χ2n) is 3.67. The fraction of sp³-hybridized carbons (Fsp3) is 0.750. The van der Waals surface area contributed by atoms with E-state index in [1.54, 1.807) is 11.8 Å². The molecule has 1 aliphatic rings. The van der Waals surface area contributed by atoms with Crippen molar-refractivity contribution in [3.63, 3.8) is 0 Å². The standard InChI is InChI=1S/C8H13N3S/c1-8(2,3)11-4-5-12-7(11)10-6-9/h4-5H2,1-3H3/b10-7-. The van der Waals surface area contributed by atoms with Crippen LogP contribution in [-0.4, -0.2) is 27.9 Å². The lowest BCUT2D eigenvalue weighted by molar-refractivity contribution is 0.260. The first-order valence-electron chi connectivity index (χ1n) is 3.93. The summed E-state index contributed by atoms with van der Waals surface area (Å²) in [6.07, 6.45) is 1.84. The van der Waals surface area contributed by atoms with Crippen molar-refractivity contribution in [3.8, 4) is 6.19 Å². The number of nitrogens with zero attached hydrogens (tertiary/aromatic N) is 3. The summed E-state index contributed by atoms with van der Waals surface area (Å²) in [5, 5.41) is 9.30. The number of rotatable bonds is 0. The first-order valence-corrected chi connectivity index (χ1v) is 4.91. The fourth-order valence-corrected chi connectivity index (χ4v) is 2.24. The van der Waals surface area contributed by atoms with Gasteiger partial charge in [0.05, 0.1) is 0 Å². The summed E-state index contributed by atoms with van der Waals surface area (Å²) >= 11 is 1.66. The fourth-order valence-electron chi connectivity index (χ4n) is 1.16. The first kappa shape index (κ1) is 9.40. The third-order valence-electron chi connectivity index (χ3n) is 1.73. The third-order valence-corrected chi connectivity index (χ3v) is 2.69. The number of aliphatic imine (C=N–C) groups is 1. The summed E-state index contributed by atoms with van der Waals surface area (Å²) in [6.45, 7) is 7.39. The topological polar surface area (TPSA) is 39.4 Å². The molecule has 12 heavy (non-hydrogen) atoms. The summed E-state index contributed by atoms with van der Waals surface area (Å²) < 4.78 is 0. The minimum absolute atomic E-state index is 0.0825. The van der Waals surface area contributed by atoms with E-state index >= 15 is 0 Å². The van der Waals surface area contributed by atoms with Crippen molar-refractivity contribution in [3.05, 3.63) is 0 Å². The van der Waals surface area contributed by atoms with Crippen LogP contribution in [0.4, 0.5) is 0 Å². The smallest absolute Gasteiger partial charge is 0.208 e. The summed E-state index contributed by atoms with van der Waals surface area (Å²) in [7, 11) is 0. The van der Waals surface area contributed by atoms with E-state index in [0.29, 0.717) is 0 Å². The van der Waals surface area contributed by atoms with Crippen LogP contribution in [0.1, 0.15) is 20.8 Å². The predicted molar refractivity (Wildman–Crippen MR) is 52.0 cm³/mol. The number of hydrogen-bond donors (Lipinski definition) is 0. The Kier molecular flexibility index (Phi) is 2.63. The zero-order valence-electron chi connectivity index (χ0n) is 7.66. The van der Waals surface area contributed by atoms with Crippen molar-refractivity contribution in [1.82, 2.24) is 4.90 Å². The monoisotopic (exact) mass is 183 g/mol. The molecular formula is C8H13N3S. The van der Waals surface area contributed by atoms with Crippen molar-refractivity contribution in [2.45, 2.75) is 26.3 Å². The van der Waals surface area contributed by atoms with Gasteiger partial charge in [0, 0.05) is 17.8 Å². The second-order valence-corrected chi connectivity index (χ2v) is 4.73. The van der Waals surface area contributed by atoms with Gasteiger partial charge in [-0.3, -0.25) is 0 Å². The molecule has 0 saturated carbocycles. The van der Waals surface area contributed by atoms with Gasteiger partial charge in [0.2, 0.25) is 6.19 Å². The summed E-state index contributed by atoms with van der Waals surface area (Å²) in [5.74, 6) is 1.04. The third kappa shape index (κ3) is 1.92. The Hall–Kier alpha value is -0.690. The highest BCUT2D eigenvalue weighted by Crippen LogP contribution is 2.25. The zero-order chi connectivity index (χ0) is 9.19. The van der Waals surface area contributed by atoms with E-state index in [4.69, 9.17) is 5.26 Å². The predicted octanol–water partition coefficient (Wildman–Crippen LogP) is 1.67. The van der Waals surface area contributed by atoms with Gasteiger partial charge < -0.3 is 4.90 Å². The normalized spacial score (nSPS) is 21.5. The minimum atomic E-state index is 0.0825. The lowest BCUT2D eigenvalue weighted by Crippen LogP contribution is -2.41. The molecule has 1 fully saturated rings. The molecule has 0 atom stereocenters. The largest absolute Gasteiger partial charge is 0.345 e. The molecule has 1 heterocycles. The maximum atomic E-state index is 8.43. The minimum Gasteiger partial charge on any atom is -0.345 e. The molecule has 0 aromatic heterocycles. The van der Waals surface area contributed by atoms with Crippen LogP contribution in [0, 0.1) is 11.5 Å². The first-order chi connectivity index (χ1) is 5.55. The average molecular weight is 183 g/mol. The number of nitriles is 1. The van der Waals surface area contributed by atoms with E-state index in [0.717, 1.165) is 17.5 Å². The Morgan fingerprint density at radius 1 is 1.58 bits per heavy atom. The molecule has 0 aliphatic carbocycles. The van der Waals surface area contributed by atoms with Crippen LogP contribution < -0.4 is 0 Å². The van der Waals surface area contributed by atoms with E-state index < -0.39 is 0 Å². The Labute approximate surface area is 77.5 Å². The van der Waals surface area contributed by atoms with E-state index in [1.165, 1.54) is 0 Å². The number of hydrogen-bond acceptors (Lipinski definition) is 3. The van der Waals surface area contributed by atoms with Gasteiger partial charge in [-0.1, -0.05) is 11.8 Å². The van der Waals surface area contributed by atoms with Gasteiger partial charge in [0.25, 0.3) is 0 Å². The molecule has 4 heteroatoms. The van der Waals surface area contributed by atoms with Gasteiger partial charge >= 0.3 is 0 Å². The van der Waals surface area contributed by atoms with Crippen LogP contribution in [0.25, 0.3) is 0 Å². The van der Waals surface area contributed by atoms with Crippen LogP contribution in [0.2, 0.25) is 0 Å². The average Bonchev–Trinajstić information content (AvgIpc) is 2.34. The number of thioether (sulfide) groups is 1. The van der Waals surface area contributed by atoms with Gasteiger partial charge in [-0.05, 0) is 20.8 Å².